The van der Waals surface area contributed by atoms with Gasteiger partial charge in [-0.2, -0.15) is 0 Å². The molecule has 0 aliphatic carbocycles. The Hall–Kier alpha value is -9.54. The van der Waals surface area contributed by atoms with E-state index < -0.39 is 0 Å². The summed E-state index contributed by atoms with van der Waals surface area (Å²) < 4.78 is 15.7. The molecule has 2 nitrogen and oxygen atoms in total. The second kappa shape index (κ2) is 15.5. The SMILES string of the molecule is c1ccc2c(c1)ccc1c3cc(-c4c5ccccc5c(-c5ccc6c(c5)sc5ccc(-c7c8ccccc8c(-c8ccc9oc%10c%11ccccc%11ccc%10c9c8)c8ccccc78)cc56)c5ccccc45)ccc3oc21. The maximum absolute atomic E-state index is 6.58. The summed E-state index contributed by atoms with van der Waals surface area (Å²) in [6, 6.07) is 89.4. The van der Waals surface area contributed by atoms with Crippen LogP contribution in [0.15, 0.2) is 251 Å². The lowest BCUT2D eigenvalue weighted by Crippen LogP contribution is -1.91. The van der Waals surface area contributed by atoms with Crippen molar-refractivity contribution in [1.29, 1.82) is 0 Å². The summed E-state index contributed by atoms with van der Waals surface area (Å²) in [5.41, 5.74) is 13.5. The fourth-order valence-corrected chi connectivity index (χ4v) is 14.0. The van der Waals surface area contributed by atoms with E-state index in [-0.39, 0.29) is 0 Å². The lowest BCUT2D eigenvalue weighted by molar-refractivity contribution is 0.672. The van der Waals surface area contributed by atoms with Gasteiger partial charge in [-0.1, -0.05) is 188 Å². The van der Waals surface area contributed by atoms with Crippen molar-refractivity contribution in [2.24, 2.45) is 0 Å². The van der Waals surface area contributed by atoms with E-state index in [1.165, 1.54) is 119 Å². The van der Waals surface area contributed by atoms with Gasteiger partial charge in [0.1, 0.15) is 22.3 Å². The molecule has 3 heteroatoms. The number of furan rings is 2. The van der Waals surface area contributed by atoms with E-state index in [0.29, 0.717) is 0 Å². The molecule has 0 saturated heterocycles. The first-order valence-corrected chi connectivity index (χ1v) is 26.5. The van der Waals surface area contributed by atoms with Gasteiger partial charge in [0.2, 0.25) is 0 Å². The molecule has 3 heterocycles. The first-order chi connectivity index (χ1) is 37.2. The molecular formula is C72H40O2S. The Labute approximate surface area is 433 Å². The molecule has 0 fully saturated rings. The minimum atomic E-state index is 0.904. The quantitative estimate of drug-likeness (QED) is 0.164. The van der Waals surface area contributed by atoms with Crippen LogP contribution in [0, 0.1) is 0 Å². The van der Waals surface area contributed by atoms with Crippen molar-refractivity contribution in [2.75, 3.05) is 0 Å². The Bertz CT molecular complexity index is 5200. The number of rotatable bonds is 4. The van der Waals surface area contributed by atoms with Crippen LogP contribution in [0.2, 0.25) is 0 Å². The highest BCUT2D eigenvalue weighted by molar-refractivity contribution is 7.25. The zero-order valence-electron chi connectivity index (χ0n) is 40.3. The van der Waals surface area contributed by atoms with E-state index in [4.69, 9.17) is 8.83 Å². The molecular weight excluding hydrogens is 929 g/mol. The highest BCUT2D eigenvalue weighted by Gasteiger charge is 2.22. The third-order valence-electron chi connectivity index (χ3n) is 16.2. The van der Waals surface area contributed by atoms with Crippen molar-refractivity contribution in [3.63, 3.8) is 0 Å². The molecule has 3 aromatic heterocycles. The summed E-state index contributed by atoms with van der Waals surface area (Å²) in [5.74, 6) is 0. The second-order valence-corrected chi connectivity index (χ2v) is 21.2. The average Bonchev–Trinajstić information content (AvgIpc) is 4.17. The predicted molar refractivity (Wildman–Crippen MR) is 321 cm³/mol. The fraction of sp³-hybridized carbons (Fsp3) is 0. The Morgan fingerprint density at radius 3 is 0.973 bits per heavy atom. The van der Waals surface area contributed by atoms with Crippen LogP contribution in [0.25, 0.3) is 173 Å². The number of hydrogen-bond donors (Lipinski definition) is 0. The maximum atomic E-state index is 6.58. The van der Waals surface area contributed by atoms with Crippen molar-refractivity contribution < 1.29 is 8.83 Å². The highest BCUT2D eigenvalue weighted by Crippen LogP contribution is 2.49. The molecule has 0 saturated carbocycles. The molecule has 0 amide bonds. The van der Waals surface area contributed by atoms with Crippen LogP contribution in [0.4, 0.5) is 0 Å². The number of hydrogen-bond acceptors (Lipinski definition) is 3. The maximum Gasteiger partial charge on any atom is 0.143 e. The third kappa shape index (κ3) is 5.90. The Morgan fingerprint density at radius 2 is 0.547 bits per heavy atom. The monoisotopic (exact) mass is 968 g/mol. The zero-order valence-corrected chi connectivity index (χ0v) is 41.1. The lowest BCUT2D eigenvalue weighted by atomic mass is 9.85. The van der Waals surface area contributed by atoms with E-state index in [0.717, 1.165) is 54.6 Å². The Morgan fingerprint density at radius 1 is 0.213 bits per heavy atom. The van der Waals surface area contributed by atoms with Crippen LogP contribution in [-0.2, 0) is 0 Å². The van der Waals surface area contributed by atoms with Crippen molar-refractivity contribution in [2.45, 2.75) is 0 Å². The lowest BCUT2D eigenvalue weighted by Gasteiger charge is -2.18. The predicted octanol–water partition coefficient (Wildman–Crippen LogP) is 21.4. The number of fused-ring (bicyclic) bond motifs is 17. The standard InChI is InChI=1S/C72H40O2S/c1-3-15-47-41(13-1)25-32-58-60-37-43(28-34-63(60)73-71(47)58)67-50-17-5-7-19-52(50)69(53-20-8-6-18-51(53)67)45-30-36-65-62(39-45)49-31-27-46(40-66(49)75-65)70-56-23-11-9-21-54(56)68(55-22-10-12-24-57(55)70)44-29-35-64-61(38-44)59-33-26-42-14-2-4-16-48(42)72(59)74-64/h1-40H. The molecule has 0 aliphatic heterocycles. The summed E-state index contributed by atoms with van der Waals surface area (Å²) in [6.45, 7) is 0. The van der Waals surface area contributed by atoms with Crippen LogP contribution < -0.4 is 0 Å². The average molecular weight is 969 g/mol. The summed E-state index contributed by atoms with van der Waals surface area (Å²) in [5, 5.41) is 21.7. The van der Waals surface area contributed by atoms with E-state index in [2.05, 4.69) is 243 Å². The number of benzene rings is 14. The van der Waals surface area contributed by atoms with Gasteiger partial charge in [-0.15, -0.1) is 11.3 Å². The molecule has 0 radical (unpaired) electrons. The smallest absolute Gasteiger partial charge is 0.143 e. The van der Waals surface area contributed by atoms with E-state index >= 15 is 0 Å². The van der Waals surface area contributed by atoms with Crippen LogP contribution in [-0.4, -0.2) is 0 Å². The summed E-state index contributed by atoms with van der Waals surface area (Å²) in [4.78, 5) is 0. The molecule has 17 rings (SSSR count). The fourth-order valence-electron chi connectivity index (χ4n) is 12.9. The summed E-state index contributed by atoms with van der Waals surface area (Å²) >= 11 is 1.88. The third-order valence-corrected chi connectivity index (χ3v) is 17.3. The molecule has 14 aromatic carbocycles. The van der Waals surface area contributed by atoms with Gasteiger partial charge in [-0.3, -0.25) is 0 Å². The molecule has 0 bridgehead atoms. The second-order valence-electron chi connectivity index (χ2n) is 20.2. The van der Waals surface area contributed by atoms with Gasteiger partial charge in [-0.05, 0) is 153 Å². The van der Waals surface area contributed by atoms with E-state index in [1.807, 2.05) is 11.3 Å². The molecule has 0 atom stereocenters. The molecule has 0 unspecified atom stereocenters. The van der Waals surface area contributed by atoms with Gasteiger partial charge in [0.25, 0.3) is 0 Å². The topological polar surface area (TPSA) is 26.3 Å². The highest BCUT2D eigenvalue weighted by atomic mass is 32.1. The summed E-state index contributed by atoms with van der Waals surface area (Å²) in [6.07, 6.45) is 0. The van der Waals surface area contributed by atoms with Gasteiger partial charge in [0.05, 0.1) is 0 Å². The first kappa shape index (κ1) is 41.0. The largest absolute Gasteiger partial charge is 0.455 e. The Balaban J connectivity index is 0.812. The summed E-state index contributed by atoms with van der Waals surface area (Å²) in [7, 11) is 0. The van der Waals surface area contributed by atoms with E-state index in [1.54, 1.807) is 0 Å². The van der Waals surface area contributed by atoms with Crippen LogP contribution in [0.1, 0.15) is 0 Å². The van der Waals surface area contributed by atoms with Gasteiger partial charge in [0, 0.05) is 52.5 Å². The normalized spacial score (nSPS) is 12.3. The van der Waals surface area contributed by atoms with Crippen LogP contribution in [0.5, 0.6) is 0 Å². The minimum absolute atomic E-state index is 0.904. The zero-order chi connectivity index (χ0) is 48.9. The minimum Gasteiger partial charge on any atom is -0.455 e. The van der Waals surface area contributed by atoms with Crippen LogP contribution in [0.3, 0.4) is 0 Å². The van der Waals surface area contributed by atoms with Gasteiger partial charge in [0.15, 0.2) is 0 Å². The van der Waals surface area contributed by atoms with Crippen molar-refractivity contribution in [3.8, 4) is 44.5 Å². The van der Waals surface area contributed by atoms with Crippen LogP contribution >= 0.6 is 11.3 Å². The first-order valence-electron chi connectivity index (χ1n) is 25.7. The molecule has 75 heavy (non-hydrogen) atoms. The molecule has 346 valence electrons. The number of thiophene rings is 1. The molecule has 0 spiro atoms. The van der Waals surface area contributed by atoms with Gasteiger partial charge < -0.3 is 8.83 Å². The van der Waals surface area contributed by atoms with E-state index in [9.17, 15) is 0 Å². The van der Waals surface area contributed by atoms with Gasteiger partial charge >= 0.3 is 0 Å². The van der Waals surface area contributed by atoms with Crippen molar-refractivity contribution >= 4 is 140 Å². The molecule has 17 aromatic rings. The molecule has 0 aliphatic rings. The van der Waals surface area contributed by atoms with Crippen molar-refractivity contribution in [1.82, 2.24) is 0 Å². The Kier molecular flexibility index (Phi) is 8.46. The van der Waals surface area contributed by atoms with Gasteiger partial charge in [-0.25, -0.2) is 0 Å². The van der Waals surface area contributed by atoms with Crippen molar-refractivity contribution in [3.05, 3.63) is 243 Å². The molecule has 0 N–H and O–H groups in total.